The van der Waals surface area contributed by atoms with Gasteiger partial charge >= 0.3 is 0 Å². The van der Waals surface area contributed by atoms with E-state index in [1.54, 1.807) is 10.8 Å². The second-order valence-electron chi connectivity index (χ2n) is 4.88. The van der Waals surface area contributed by atoms with Crippen LogP contribution in [0.25, 0.3) is 0 Å². The molecule has 3 rings (SSSR count). The molecular weight excluding hydrogens is 309 g/mol. The standard InChI is InChI=1S/C13H12FN5O2S/c14-10-3-1-5-12(9(10)7-15)22(20,21)18-11-4-2-6-19-13(11)16-8-17-19/h1,3,5,8,11,18H,2,4,6H2/t11-/m1/s1. The van der Waals surface area contributed by atoms with Gasteiger partial charge in [-0.2, -0.15) is 10.4 Å². The summed E-state index contributed by atoms with van der Waals surface area (Å²) in [5.74, 6) is -0.345. The molecule has 0 radical (unpaired) electrons. The Kier molecular flexibility index (Phi) is 3.64. The first-order chi connectivity index (χ1) is 10.5. The van der Waals surface area contributed by atoms with Crippen LogP contribution in [0.5, 0.6) is 0 Å². The number of rotatable bonds is 3. The Morgan fingerprint density at radius 3 is 3.05 bits per heavy atom. The highest BCUT2D eigenvalue weighted by atomic mass is 32.2. The van der Waals surface area contributed by atoms with Crippen molar-refractivity contribution in [3.63, 3.8) is 0 Å². The Labute approximate surface area is 126 Å². The van der Waals surface area contributed by atoms with Crippen LogP contribution in [0.4, 0.5) is 4.39 Å². The third-order valence-electron chi connectivity index (χ3n) is 3.49. The molecule has 1 aliphatic heterocycles. The van der Waals surface area contributed by atoms with Crippen molar-refractivity contribution in [2.75, 3.05) is 0 Å². The van der Waals surface area contributed by atoms with E-state index in [0.29, 0.717) is 18.8 Å². The van der Waals surface area contributed by atoms with E-state index in [0.717, 1.165) is 12.5 Å². The number of sulfonamides is 1. The molecule has 1 aromatic carbocycles. The molecule has 2 aromatic rings. The van der Waals surface area contributed by atoms with Crippen LogP contribution in [-0.4, -0.2) is 23.2 Å². The quantitative estimate of drug-likeness (QED) is 0.912. The molecule has 1 aliphatic rings. The zero-order valence-corrected chi connectivity index (χ0v) is 12.2. The number of hydrogen-bond acceptors (Lipinski definition) is 5. The minimum Gasteiger partial charge on any atom is -0.248 e. The Morgan fingerprint density at radius 2 is 2.27 bits per heavy atom. The van der Waals surface area contributed by atoms with Crippen LogP contribution in [0.3, 0.4) is 0 Å². The predicted molar refractivity (Wildman–Crippen MR) is 73.4 cm³/mol. The molecule has 0 saturated heterocycles. The molecule has 9 heteroatoms. The van der Waals surface area contributed by atoms with Gasteiger partial charge in [-0.3, -0.25) is 0 Å². The highest BCUT2D eigenvalue weighted by Crippen LogP contribution is 2.26. The molecule has 0 amide bonds. The van der Waals surface area contributed by atoms with Crippen molar-refractivity contribution in [2.24, 2.45) is 0 Å². The van der Waals surface area contributed by atoms with Crippen LogP contribution in [0.1, 0.15) is 30.3 Å². The fraction of sp³-hybridized carbons (Fsp3) is 0.308. The van der Waals surface area contributed by atoms with Gasteiger partial charge in [-0.05, 0) is 25.0 Å². The Balaban J connectivity index is 1.97. The summed E-state index contributed by atoms with van der Waals surface area (Å²) in [6.07, 6.45) is 2.68. The summed E-state index contributed by atoms with van der Waals surface area (Å²) < 4.78 is 42.7. The largest absolute Gasteiger partial charge is 0.248 e. The third-order valence-corrected chi connectivity index (χ3v) is 5.01. The van der Waals surface area contributed by atoms with Crippen molar-refractivity contribution < 1.29 is 12.8 Å². The molecule has 0 fully saturated rings. The lowest BCUT2D eigenvalue weighted by molar-refractivity contribution is 0.400. The van der Waals surface area contributed by atoms with E-state index < -0.39 is 27.4 Å². The fourth-order valence-electron chi connectivity index (χ4n) is 2.49. The van der Waals surface area contributed by atoms with Crippen molar-refractivity contribution in [3.8, 4) is 6.07 Å². The first-order valence-electron chi connectivity index (χ1n) is 6.61. The average molecular weight is 321 g/mol. The van der Waals surface area contributed by atoms with Crippen LogP contribution < -0.4 is 4.72 Å². The number of benzene rings is 1. The van der Waals surface area contributed by atoms with Crippen LogP contribution in [0.2, 0.25) is 0 Å². The van der Waals surface area contributed by atoms with Crippen molar-refractivity contribution in [1.82, 2.24) is 19.5 Å². The molecule has 0 unspecified atom stereocenters. The van der Waals surface area contributed by atoms with Crippen molar-refractivity contribution in [3.05, 3.63) is 41.7 Å². The fourth-order valence-corrected chi connectivity index (χ4v) is 3.88. The van der Waals surface area contributed by atoms with Crippen molar-refractivity contribution in [2.45, 2.75) is 30.3 Å². The van der Waals surface area contributed by atoms with Gasteiger partial charge in [0.05, 0.1) is 6.04 Å². The molecule has 0 bridgehead atoms. The summed E-state index contributed by atoms with van der Waals surface area (Å²) in [6.45, 7) is 0.678. The molecule has 1 N–H and O–H groups in total. The number of hydrogen-bond donors (Lipinski definition) is 1. The van der Waals surface area contributed by atoms with E-state index in [1.165, 1.54) is 18.5 Å². The first-order valence-corrected chi connectivity index (χ1v) is 8.10. The molecule has 22 heavy (non-hydrogen) atoms. The number of halogens is 1. The van der Waals surface area contributed by atoms with Crippen LogP contribution in [0.15, 0.2) is 29.4 Å². The summed E-state index contributed by atoms with van der Waals surface area (Å²) >= 11 is 0. The number of aryl methyl sites for hydroxylation is 1. The summed E-state index contributed by atoms with van der Waals surface area (Å²) in [7, 11) is -4.04. The van der Waals surface area contributed by atoms with Gasteiger partial charge in [0.1, 0.15) is 34.5 Å². The molecule has 0 aliphatic carbocycles. The summed E-state index contributed by atoms with van der Waals surface area (Å²) in [5.41, 5.74) is -0.493. The lowest BCUT2D eigenvalue weighted by Gasteiger charge is -2.23. The summed E-state index contributed by atoms with van der Waals surface area (Å²) in [4.78, 5) is 3.69. The van der Waals surface area contributed by atoms with Gasteiger partial charge in [0.15, 0.2) is 0 Å². The Bertz CT molecular complexity index is 856. The van der Waals surface area contributed by atoms with Gasteiger partial charge < -0.3 is 0 Å². The third kappa shape index (κ3) is 2.47. The number of fused-ring (bicyclic) bond motifs is 1. The lowest BCUT2D eigenvalue weighted by atomic mass is 10.1. The van der Waals surface area contributed by atoms with Gasteiger partial charge in [0, 0.05) is 6.54 Å². The second kappa shape index (κ2) is 5.47. The maximum atomic E-state index is 13.6. The van der Waals surface area contributed by atoms with E-state index in [2.05, 4.69) is 14.8 Å². The van der Waals surface area contributed by atoms with E-state index >= 15 is 0 Å². The van der Waals surface area contributed by atoms with Crippen LogP contribution in [0, 0.1) is 17.1 Å². The monoisotopic (exact) mass is 321 g/mol. The smallest absolute Gasteiger partial charge is 0.242 e. The molecule has 2 heterocycles. The molecule has 7 nitrogen and oxygen atoms in total. The molecule has 0 saturated carbocycles. The van der Waals surface area contributed by atoms with Gasteiger partial charge in [0.25, 0.3) is 0 Å². The molecule has 114 valence electrons. The zero-order valence-electron chi connectivity index (χ0n) is 11.4. The van der Waals surface area contributed by atoms with Gasteiger partial charge in [-0.15, -0.1) is 0 Å². The predicted octanol–water partition coefficient (Wildman–Crippen LogP) is 1.10. The molecular formula is C13H12FN5O2S. The van der Waals surface area contributed by atoms with E-state index in [1.807, 2.05) is 0 Å². The Morgan fingerprint density at radius 1 is 1.45 bits per heavy atom. The number of nitrogens with one attached hydrogen (secondary N) is 1. The van der Waals surface area contributed by atoms with Crippen LogP contribution in [-0.2, 0) is 16.6 Å². The molecule has 0 spiro atoms. The number of nitrogens with zero attached hydrogens (tertiary/aromatic N) is 4. The average Bonchev–Trinajstić information content (AvgIpc) is 2.96. The maximum Gasteiger partial charge on any atom is 0.242 e. The van der Waals surface area contributed by atoms with Gasteiger partial charge in [0.2, 0.25) is 10.0 Å². The minimum atomic E-state index is -4.04. The molecule has 1 atom stereocenters. The number of nitriles is 1. The van der Waals surface area contributed by atoms with E-state index in [-0.39, 0.29) is 4.90 Å². The van der Waals surface area contributed by atoms with Gasteiger partial charge in [-0.25, -0.2) is 27.2 Å². The Hall–Kier alpha value is -2.31. The lowest BCUT2D eigenvalue weighted by Crippen LogP contribution is -2.33. The van der Waals surface area contributed by atoms with Crippen LogP contribution >= 0.6 is 0 Å². The SMILES string of the molecule is N#Cc1c(F)cccc1S(=O)(=O)N[C@@H]1CCCn2ncnc21. The van der Waals surface area contributed by atoms with Gasteiger partial charge in [-0.1, -0.05) is 6.07 Å². The first kappa shape index (κ1) is 14.6. The van der Waals surface area contributed by atoms with Crippen molar-refractivity contribution in [1.29, 1.82) is 5.26 Å². The topological polar surface area (TPSA) is 101 Å². The highest BCUT2D eigenvalue weighted by Gasteiger charge is 2.29. The normalized spacial score (nSPS) is 17.7. The maximum absolute atomic E-state index is 13.6. The minimum absolute atomic E-state index is 0.369. The van der Waals surface area contributed by atoms with Crippen molar-refractivity contribution >= 4 is 10.0 Å². The summed E-state index contributed by atoms with van der Waals surface area (Å²) in [6, 6.07) is 4.56. The zero-order chi connectivity index (χ0) is 15.7. The highest BCUT2D eigenvalue weighted by molar-refractivity contribution is 7.89. The van der Waals surface area contributed by atoms with E-state index in [9.17, 15) is 12.8 Å². The summed E-state index contributed by atoms with van der Waals surface area (Å²) in [5, 5.41) is 13.0. The number of aromatic nitrogens is 3. The van der Waals surface area contributed by atoms with E-state index in [4.69, 9.17) is 5.26 Å². The molecule has 1 aromatic heterocycles. The second-order valence-corrected chi connectivity index (χ2v) is 6.56.